The number of aliphatic hydroxyl groups excluding tert-OH is 1. The molecule has 4 aromatic rings. The van der Waals surface area contributed by atoms with Crippen LogP contribution in [0.3, 0.4) is 0 Å². The molecular formula is C37H44N6O6. The fourth-order valence-electron chi connectivity index (χ4n) is 5.19. The number of nitrogens with one attached hydrogen (secondary N) is 3. The van der Waals surface area contributed by atoms with Gasteiger partial charge in [-0.1, -0.05) is 86.6 Å². The van der Waals surface area contributed by atoms with Crippen LogP contribution in [-0.4, -0.2) is 57.4 Å². The van der Waals surface area contributed by atoms with E-state index in [0.717, 1.165) is 16.7 Å². The van der Waals surface area contributed by atoms with Gasteiger partial charge in [-0.2, -0.15) is 0 Å². The van der Waals surface area contributed by atoms with E-state index < -0.39 is 42.3 Å². The minimum absolute atomic E-state index is 0.0173. The summed E-state index contributed by atoms with van der Waals surface area (Å²) in [7, 11) is 0. The van der Waals surface area contributed by atoms with Crippen LogP contribution in [0.15, 0.2) is 104 Å². The predicted octanol–water partition coefficient (Wildman–Crippen LogP) is 4.33. The van der Waals surface area contributed by atoms with E-state index in [2.05, 4.69) is 25.9 Å². The molecule has 49 heavy (non-hydrogen) atoms. The van der Waals surface area contributed by atoms with Crippen molar-refractivity contribution in [3.05, 3.63) is 126 Å². The summed E-state index contributed by atoms with van der Waals surface area (Å²) in [6.07, 6.45) is 3.03. The zero-order valence-corrected chi connectivity index (χ0v) is 27.7. The molecular weight excluding hydrogens is 624 g/mol. The molecule has 258 valence electrons. The highest BCUT2D eigenvalue weighted by atomic mass is 16.6. The van der Waals surface area contributed by atoms with Gasteiger partial charge in [-0.05, 0) is 48.4 Å². The average molecular weight is 669 g/mol. The van der Waals surface area contributed by atoms with Gasteiger partial charge < -0.3 is 36.3 Å². The van der Waals surface area contributed by atoms with Gasteiger partial charge in [-0.25, -0.2) is 14.6 Å². The number of nitrogens with two attached hydrogens (primary N) is 1. The normalized spacial score (nSPS) is 13.4. The first kappa shape index (κ1) is 36.3. The number of rotatable bonds is 16. The number of aromatic nitrogens is 2. The Balaban J connectivity index is 1.45. The summed E-state index contributed by atoms with van der Waals surface area (Å²) in [5.41, 5.74) is 8.83. The molecule has 0 aliphatic rings. The number of aliphatic hydroxyl groups is 1. The van der Waals surface area contributed by atoms with Crippen LogP contribution in [0, 0.1) is 5.92 Å². The van der Waals surface area contributed by atoms with E-state index in [1.54, 1.807) is 36.7 Å². The van der Waals surface area contributed by atoms with Gasteiger partial charge in [0.05, 0.1) is 12.1 Å². The first-order valence-corrected chi connectivity index (χ1v) is 16.2. The third kappa shape index (κ3) is 12.6. The number of carbonyl (C=O) groups excluding carboxylic acids is 3. The molecule has 0 saturated carbocycles. The summed E-state index contributed by atoms with van der Waals surface area (Å²) in [4.78, 5) is 47.3. The number of nitrogen functional groups attached to an aromatic ring is 1. The Kier molecular flexibility index (Phi) is 13.9. The number of anilines is 1. The molecule has 2 heterocycles. The summed E-state index contributed by atoms with van der Waals surface area (Å²) >= 11 is 0. The largest absolute Gasteiger partial charge is 0.445 e. The van der Waals surface area contributed by atoms with Crippen LogP contribution in [0.2, 0.25) is 0 Å². The number of nitrogens with zero attached hydrogens (tertiary/aromatic N) is 2. The van der Waals surface area contributed by atoms with Crippen LogP contribution in [0.25, 0.3) is 0 Å². The van der Waals surface area contributed by atoms with Gasteiger partial charge in [0.15, 0.2) is 0 Å². The molecule has 0 fully saturated rings. The minimum Gasteiger partial charge on any atom is -0.445 e. The van der Waals surface area contributed by atoms with Gasteiger partial charge in [0.25, 0.3) is 0 Å². The molecule has 2 aromatic heterocycles. The lowest BCUT2D eigenvalue weighted by molar-refractivity contribution is -0.125. The third-order valence-corrected chi connectivity index (χ3v) is 7.80. The Morgan fingerprint density at radius 3 is 1.90 bits per heavy atom. The molecule has 4 rings (SSSR count). The number of pyridine rings is 2. The van der Waals surface area contributed by atoms with Crippen molar-refractivity contribution in [2.75, 3.05) is 5.73 Å². The van der Waals surface area contributed by atoms with E-state index in [1.165, 1.54) is 6.20 Å². The Labute approximate surface area is 286 Å². The van der Waals surface area contributed by atoms with Gasteiger partial charge in [-0.15, -0.1) is 0 Å². The van der Waals surface area contributed by atoms with Crippen LogP contribution in [0.4, 0.5) is 15.4 Å². The van der Waals surface area contributed by atoms with Crippen LogP contribution in [-0.2, 0) is 40.3 Å². The van der Waals surface area contributed by atoms with Crippen LogP contribution in [0.1, 0.15) is 42.5 Å². The zero-order valence-electron chi connectivity index (χ0n) is 27.7. The van der Waals surface area contributed by atoms with Crippen molar-refractivity contribution in [2.45, 2.75) is 70.6 Å². The van der Waals surface area contributed by atoms with Crippen molar-refractivity contribution in [1.29, 1.82) is 0 Å². The zero-order chi connectivity index (χ0) is 35.0. The maximum Gasteiger partial charge on any atom is 0.408 e. The molecule has 2 aromatic carbocycles. The van der Waals surface area contributed by atoms with Crippen molar-refractivity contribution < 1.29 is 29.0 Å². The van der Waals surface area contributed by atoms with Crippen LogP contribution >= 0.6 is 0 Å². The van der Waals surface area contributed by atoms with Gasteiger partial charge in [0.2, 0.25) is 5.91 Å². The van der Waals surface area contributed by atoms with Crippen molar-refractivity contribution in [2.24, 2.45) is 5.92 Å². The molecule has 12 nitrogen and oxygen atoms in total. The van der Waals surface area contributed by atoms with Crippen molar-refractivity contribution in [1.82, 2.24) is 25.9 Å². The number of carbonyl (C=O) groups is 3. The highest BCUT2D eigenvalue weighted by Crippen LogP contribution is 2.16. The Morgan fingerprint density at radius 1 is 0.735 bits per heavy atom. The van der Waals surface area contributed by atoms with E-state index in [0.29, 0.717) is 24.2 Å². The molecule has 12 heteroatoms. The van der Waals surface area contributed by atoms with Crippen molar-refractivity contribution in [3.8, 4) is 0 Å². The molecule has 0 spiro atoms. The summed E-state index contributed by atoms with van der Waals surface area (Å²) in [6, 6.07) is 23.7. The van der Waals surface area contributed by atoms with E-state index in [-0.39, 0.29) is 25.6 Å². The van der Waals surface area contributed by atoms with E-state index in [9.17, 15) is 19.5 Å². The van der Waals surface area contributed by atoms with Crippen molar-refractivity contribution in [3.63, 3.8) is 0 Å². The molecule has 3 amide bonds. The summed E-state index contributed by atoms with van der Waals surface area (Å²) in [6.45, 7) is 3.59. The van der Waals surface area contributed by atoms with E-state index in [1.807, 2.05) is 74.5 Å². The lowest BCUT2D eigenvalue weighted by atomic mass is 9.93. The fourth-order valence-corrected chi connectivity index (χ4v) is 5.19. The number of benzene rings is 2. The van der Waals surface area contributed by atoms with Gasteiger partial charge >= 0.3 is 12.2 Å². The monoisotopic (exact) mass is 668 g/mol. The summed E-state index contributed by atoms with van der Waals surface area (Å²) in [5.74, 6) is -0.365. The molecule has 1 unspecified atom stereocenters. The lowest BCUT2D eigenvalue weighted by Gasteiger charge is -2.30. The maximum absolute atomic E-state index is 13.7. The topological polar surface area (TPSA) is 178 Å². The second-order valence-electron chi connectivity index (χ2n) is 12.1. The second-order valence-corrected chi connectivity index (χ2v) is 12.1. The smallest absolute Gasteiger partial charge is 0.408 e. The predicted molar refractivity (Wildman–Crippen MR) is 185 cm³/mol. The summed E-state index contributed by atoms with van der Waals surface area (Å²) in [5, 5.41) is 20.2. The first-order chi connectivity index (χ1) is 23.7. The number of hydrogen-bond acceptors (Lipinski definition) is 9. The number of hydrogen-bond donors (Lipinski definition) is 5. The molecule has 6 N–H and O–H groups in total. The Morgan fingerprint density at radius 2 is 1.33 bits per heavy atom. The number of ether oxygens (including phenoxy) is 2. The average Bonchev–Trinajstić information content (AvgIpc) is 3.10. The number of amides is 3. The molecule has 0 bridgehead atoms. The number of alkyl carbamates (subject to hydrolysis) is 2. The first-order valence-electron chi connectivity index (χ1n) is 16.2. The van der Waals surface area contributed by atoms with E-state index >= 15 is 0 Å². The van der Waals surface area contributed by atoms with Gasteiger partial charge in [0.1, 0.15) is 25.1 Å². The fraction of sp³-hybridized carbons (Fsp3) is 0.324. The highest BCUT2D eigenvalue weighted by molar-refractivity contribution is 5.86. The minimum atomic E-state index is -1.08. The van der Waals surface area contributed by atoms with Gasteiger partial charge in [0, 0.05) is 35.8 Å². The highest BCUT2D eigenvalue weighted by Gasteiger charge is 2.30. The third-order valence-electron chi connectivity index (χ3n) is 7.80. The second kappa shape index (κ2) is 18.7. The summed E-state index contributed by atoms with van der Waals surface area (Å²) < 4.78 is 10.8. The van der Waals surface area contributed by atoms with Crippen LogP contribution in [0.5, 0.6) is 0 Å². The lowest BCUT2D eigenvalue weighted by Crippen LogP contribution is -2.54. The Hall–Kier alpha value is -5.49. The van der Waals surface area contributed by atoms with Gasteiger partial charge in [-0.3, -0.25) is 9.78 Å². The Bertz CT molecular complexity index is 1590. The maximum atomic E-state index is 13.7. The quantitative estimate of drug-likeness (QED) is 0.116. The molecule has 0 saturated heterocycles. The van der Waals surface area contributed by atoms with E-state index in [4.69, 9.17) is 15.2 Å². The molecule has 0 aliphatic heterocycles. The molecule has 4 atom stereocenters. The SMILES string of the molecule is CC(C)C(NC(=O)OCc1ccc(N)nc1)C(=O)N[C@@H](Cc1ccccc1)C[C@H](O)[C@H](Cc1ccccc1)NC(=O)OCc1cccnc1. The standard InChI is InChI=1S/C37H44N6O6/c1-25(2)34(43-37(47)49-24-29-15-16-33(38)40-22-29)35(45)41-30(18-26-10-5-3-6-11-26)20-32(44)31(19-27-12-7-4-8-13-27)42-36(46)48-23-28-14-9-17-39-21-28/h3-17,21-22,25,30-32,34,44H,18-20,23-24H2,1-2H3,(H2,38,40)(H,41,45)(H,42,46)(H,43,47)/t30-,31-,32-,34?/m0/s1. The van der Waals surface area contributed by atoms with Crippen LogP contribution < -0.4 is 21.7 Å². The molecule has 0 radical (unpaired) electrons. The van der Waals surface area contributed by atoms with Crippen molar-refractivity contribution >= 4 is 23.9 Å². The molecule has 0 aliphatic carbocycles.